The minimum absolute atomic E-state index is 0.00291. The first-order valence-electron chi connectivity index (χ1n) is 24.1. The number of amides is 5. The van der Waals surface area contributed by atoms with Crippen LogP contribution in [0.2, 0.25) is 0 Å². The minimum atomic E-state index is -2.78. The number of hydrogen-bond acceptors (Lipinski definition) is 11. The molecule has 20 heteroatoms. The number of aryl methyl sites for hydroxylation is 1. The average Bonchev–Trinajstić information content (AvgIpc) is 4.04. The maximum atomic E-state index is 14.5. The van der Waals surface area contributed by atoms with Crippen LogP contribution in [0.3, 0.4) is 0 Å². The number of aromatic nitrogens is 5. The van der Waals surface area contributed by atoms with Crippen molar-refractivity contribution in [3.05, 3.63) is 106 Å². The number of likely N-dealkylation sites (tertiary alicyclic amines) is 2. The molecule has 0 bridgehead atoms. The quantitative estimate of drug-likeness (QED) is 0.0757. The van der Waals surface area contributed by atoms with Crippen molar-refractivity contribution in [2.75, 3.05) is 38.2 Å². The van der Waals surface area contributed by atoms with Gasteiger partial charge in [0.25, 0.3) is 11.8 Å². The smallest absolute Gasteiger partial charge is 0.276 e. The number of carbonyl (C=O) groups is 5. The number of halogens is 2. The van der Waals surface area contributed by atoms with Gasteiger partial charge in [-0.15, -0.1) is 11.3 Å². The summed E-state index contributed by atoms with van der Waals surface area (Å²) in [5.74, 6) is -5.50. The van der Waals surface area contributed by atoms with Gasteiger partial charge in [-0.3, -0.25) is 33.8 Å². The first kappa shape index (κ1) is 49.6. The molecule has 5 amide bonds. The monoisotopic (exact) mass is 994 g/mol. The fourth-order valence-electron chi connectivity index (χ4n) is 10.3. The second kappa shape index (κ2) is 19.7. The van der Waals surface area contributed by atoms with E-state index in [9.17, 15) is 37.9 Å². The molecule has 2 saturated heterocycles. The molecule has 0 radical (unpaired) electrons. The lowest BCUT2D eigenvalue weighted by Gasteiger charge is -2.43. The average molecular weight is 995 g/mol. The normalized spacial score (nSPS) is 22.2. The number of H-pyrrole nitrogens is 1. The number of nitrogens with one attached hydrogen (secondary N) is 4. The molecule has 5 N–H and O–H groups in total. The van der Waals surface area contributed by atoms with Crippen LogP contribution < -0.4 is 16.0 Å². The van der Waals surface area contributed by atoms with Crippen LogP contribution in [-0.2, 0) is 43.3 Å². The van der Waals surface area contributed by atoms with Gasteiger partial charge >= 0.3 is 0 Å². The number of fused-ring (bicyclic) bond motifs is 2. The van der Waals surface area contributed by atoms with Gasteiger partial charge in [-0.1, -0.05) is 82.3 Å². The second-order valence-electron chi connectivity index (χ2n) is 20.6. The number of aliphatic hydroxyl groups is 1. The third kappa shape index (κ3) is 10.1. The van der Waals surface area contributed by atoms with Crippen molar-refractivity contribution in [1.82, 2.24) is 45.4 Å². The summed E-state index contributed by atoms with van der Waals surface area (Å²) in [5, 5.41) is 30.8. The number of thiazole rings is 1. The number of rotatable bonds is 17. The Balaban J connectivity index is 0.722. The number of aliphatic hydroxyl groups excluding tert-OH is 1. The highest BCUT2D eigenvalue weighted by molar-refractivity contribution is 7.13. The molecule has 2 aromatic carbocycles. The summed E-state index contributed by atoms with van der Waals surface area (Å²) in [4.78, 5) is 75.9. The van der Waals surface area contributed by atoms with Crippen LogP contribution >= 0.6 is 11.3 Å². The number of hydrogen-bond donors (Lipinski definition) is 5. The van der Waals surface area contributed by atoms with Crippen molar-refractivity contribution < 1.29 is 42.6 Å². The maximum Gasteiger partial charge on any atom is 0.276 e. The van der Waals surface area contributed by atoms with Gasteiger partial charge in [0.05, 0.1) is 59.7 Å². The van der Waals surface area contributed by atoms with Crippen LogP contribution in [0.25, 0.3) is 10.4 Å². The fourth-order valence-corrected chi connectivity index (χ4v) is 11.2. The molecule has 6 atom stereocenters. The van der Waals surface area contributed by atoms with Crippen molar-refractivity contribution in [2.45, 2.75) is 103 Å². The molecule has 2 aliphatic heterocycles. The predicted molar refractivity (Wildman–Crippen MR) is 259 cm³/mol. The van der Waals surface area contributed by atoms with Gasteiger partial charge in [0.2, 0.25) is 23.6 Å². The summed E-state index contributed by atoms with van der Waals surface area (Å²) in [7, 11) is 0. The largest absolute Gasteiger partial charge is 0.391 e. The Morgan fingerprint density at radius 1 is 1.01 bits per heavy atom. The third-order valence-corrected chi connectivity index (χ3v) is 15.6. The zero-order chi connectivity index (χ0) is 50.4. The van der Waals surface area contributed by atoms with E-state index in [1.807, 2.05) is 82.3 Å². The van der Waals surface area contributed by atoms with E-state index in [2.05, 4.69) is 36.2 Å². The lowest BCUT2D eigenvalue weighted by Crippen LogP contribution is -2.57. The Hall–Kier alpha value is -6.38. The molecule has 3 fully saturated rings. The standard InChI is InChI=1S/C51H60F2N10O7S/c1-29-44(71-28-55-29)32-13-11-30(12-14-32)22-54-46(67)38-19-35(64)27-62(38)48(69)45(49(2,3)4)58-40(65)15-17-70-18-16-41(66)61-24-33(25-61)43(31-9-7-6-8-10-31)63-26-34(23-56-63)57-47(68)42-36-20-39-50(5,51(39,52)53)21-37(36)59-60-42/h6-14,23,26,28,33,35,38-39,43,45,64H,15-22,24-25,27H2,1-5H3,(H,54,67)(H,57,68)(H,58,65)(H,59,60)/t35-,38+,39+,43-,45-,50-/m1/s1. The molecule has 3 aromatic heterocycles. The van der Waals surface area contributed by atoms with Gasteiger partial charge in [-0.2, -0.15) is 10.2 Å². The Bertz CT molecular complexity index is 2790. The van der Waals surface area contributed by atoms with Crippen molar-refractivity contribution in [1.29, 1.82) is 0 Å². The van der Waals surface area contributed by atoms with Gasteiger partial charge in [0.1, 0.15) is 12.1 Å². The number of β-amino-alcohol motifs (C(OH)–C–C–N with tert-alkyl or cyclic N) is 1. The molecule has 17 nitrogen and oxygen atoms in total. The molecule has 4 aliphatic rings. The highest BCUT2D eigenvalue weighted by atomic mass is 32.1. The summed E-state index contributed by atoms with van der Waals surface area (Å²) in [6, 6.07) is 15.4. The van der Waals surface area contributed by atoms with E-state index < -0.39 is 64.5 Å². The van der Waals surface area contributed by atoms with Crippen molar-refractivity contribution in [3.8, 4) is 10.4 Å². The van der Waals surface area contributed by atoms with Crippen LogP contribution in [0.1, 0.15) is 91.6 Å². The highest BCUT2D eigenvalue weighted by Gasteiger charge is 2.78. The molecule has 5 heterocycles. The van der Waals surface area contributed by atoms with E-state index in [0.717, 1.165) is 27.3 Å². The fraction of sp³-hybridized carbons (Fsp3) is 0.490. The first-order valence-corrected chi connectivity index (χ1v) is 24.9. The first-order chi connectivity index (χ1) is 33.8. The number of anilines is 1. The summed E-state index contributed by atoms with van der Waals surface area (Å²) in [6.07, 6.45) is 2.67. The van der Waals surface area contributed by atoms with Gasteiger partial charge in [-0.05, 0) is 35.4 Å². The molecule has 5 aromatic rings. The van der Waals surface area contributed by atoms with Crippen LogP contribution in [0, 0.1) is 29.6 Å². The second-order valence-corrected chi connectivity index (χ2v) is 21.5. The number of benzene rings is 2. The van der Waals surface area contributed by atoms with Gasteiger partial charge in [0.15, 0.2) is 5.69 Å². The molecular weight excluding hydrogens is 935 g/mol. The Morgan fingerprint density at radius 2 is 1.75 bits per heavy atom. The number of ether oxygens (including phenoxy) is 1. The Kier molecular flexibility index (Phi) is 13.7. The number of nitrogens with zero attached hydrogens (tertiary/aromatic N) is 6. The topological polar surface area (TPSA) is 217 Å². The predicted octanol–water partition coefficient (Wildman–Crippen LogP) is 5.31. The number of alkyl halides is 2. The third-order valence-electron chi connectivity index (χ3n) is 14.6. The van der Waals surface area contributed by atoms with Crippen LogP contribution in [0.4, 0.5) is 14.5 Å². The highest BCUT2D eigenvalue weighted by Crippen LogP contribution is 2.70. The lowest BCUT2D eigenvalue weighted by atomic mass is 9.85. The van der Waals surface area contributed by atoms with E-state index in [-0.39, 0.29) is 82.0 Å². The van der Waals surface area contributed by atoms with E-state index in [1.54, 1.807) is 39.5 Å². The molecule has 1 saturated carbocycles. The van der Waals surface area contributed by atoms with Crippen LogP contribution in [0.15, 0.2) is 72.5 Å². The van der Waals surface area contributed by atoms with Crippen molar-refractivity contribution >= 4 is 46.6 Å². The molecule has 71 heavy (non-hydrogen) atoms. The van der Waals surface area contributed by atoms with E-state index in [4.69, 9.17) is 4.74 Å². The molecule has 0 unspecified atom stereocenters. The molecule has 2 aliphatic carbocycles. The molecule has 0 spiro atoms. The van der Waals surface area contributed by atoms with Crippen LogP contribution in [-0.4, -0.2) is 126 Å². The lowest BCUT2D eigenvalue weighted by molar-refractivity contribution is -0.144. The van der Waals surface area contributed by atoms with E-state index in [0.29, 0.717) is 30.0 Å². The van der Waals surface area contributed by atoms with Crippen molar-refractivity contribution in [2.24, 2.45) is 22.7 Å². The molecule has 9 rings (SSSR count). The van der Waals surface area contributed by atoms with Gasteiger partial charge < -0.3 is 35.6 Å². The summed E-state index contributed by atoms with van der Waals surface area (Å²) in [6.45, 7) is 10.2. The zero-order valence-corrected chi connectivity index (χ0v) is 41.2. The van der Waals surface area contributed by atoms with Crippen LogP contribution in [0.5, 0.6) is 0 Å². The molecular formula is C51H60F2N10O7S. The summed E-state index contributed by atoms with van der Waals surface area (Å²) in [5.41, 5.74) is 5.41. The molecule has 376 valence electrons. The van der Waals surface area contributed by atoms with Gasteiger partial charge in [-0.25, -0.2) is 13.8 Å². The minimum Gasteiger partial charge on any atom is -0.391 e. The summed E-state index contributed by atoms with van der Waals surface area (Å²) >= 11 is 1.56. The Morgan fingerprint density at radius 3 is 2.45 bits per heavy atom. The number of aromatic amines is 1. The maximum absolute atomic E-state index is 14.5. The SMILES string of the molecule is Cc1ncsc1-c1ccc(CNC(=O)[C@@H]2C[C@@H](O)CN2C(=O)[C@@H](NC(=O)CCOCCC(=O)N2CC([C@@H](c3ccccc3)n3cc(NC(=O)c4n[nH]c5c4C[C@@H]4C(F)(F)[C@]4(C)C5)cn3)C2)C(C)(C)C)cc1. The van der Waals surface area contributed by atoms with Crippen molar-refractivity contribution in [3.63, 3.8) is 0 Å². The summed E-state index contributed by atoms with van der Waals surface area (Å²) < 4.78 is 36.5. The number of carbonyl (C=O) groups excluding carboxylic acids is 5. The van der Waals surface area contributed by atoms with E-state index in [1.165, 1.54) is 11.1 Å². The Labute approximate surface area is 414 Å². The zero-order valence-electron chi connectivity index (χ0n) is 40.4. The van der Waals surface area contributed by atoms with E-state index >= 15 is 0 Å². The van der Waals surface area contributed by atoms with Gasteiger partial charge in [0, 0.05) is 80.1 Å².